The van der Waals surface area contributed by atoms with Crippen LogP contribution >= 0.6 is 0 Å². The summed E-state index contributed by atoms with van der Waals surface area (Å²) in [6, 6.07) is 17.2. The van der Waals surface area contributed by atoms with E-state index >= 15 is 0 Å². The van der Waals surface area contributed by atoms with E-state index in [9.17, 15) is 9.59 Å². The largest absolute Gasteiger partial charge is 0.337 e. The highest BCUT2D eigenvalue weighted by Gasteiger charge is 2.31. The van der Waals surface area contributed by atoms with Crippen LogP contribution in [0.5, 0.6) is 0 Å². The zero-order valence-electron chi connectivity index (χ0n) is 16.8. The summed E-state index contributed by atoms with van der Waals surface area (Å²) >= 11 is 0. The van der Waals surface area contributed by atoms with Crippen molar-refractivity contribution in [1.82, 2.24) is 14.8 Å². The van der Waals surface area contributed by atoms with Crippen molar-refractivity contribution in [2.24, 2.45) is 0 Å². The van der Waals surface area contributed by atoms with Crippen molar-refractivity contribution in [2.45, 2.75) is 13.0 Å². The van der Waals surface area contributed by atoms with Crippen molar-refractivity contribution in [2.75, 3.05) is 26.2 Å². The van der Waals surface area contributed by atoms with E-state index < -0.39 is 0 Å². The number of pyridine rings is 1. The maximum atomic E-state index is 13.5. The van der Waals surface area contributed by atoms with Crippen LogP contribution < -0.4 is 0 Å². The zero-order valence-corrected chi connectivity index (χ0v) is 16.8. The number of aromatic nitrogens is 1. The van der Waals surface area contributed by atoms with Gasteiger partial charge >= 0.3 is 0 Å². The van der Waals surface area contributed by atoms with E-state index in [1.54, 1.807) is 0 Å². The van der Waals surface area contributed by atoms with Crippen LogP contribution in [0.25, 0.3) is 11.1 Å². The monoisotopic (exact) mass is 397 g/mol. The van der Waals surface area contributed by atoms with Crippen molar-refractivity contribution in [1.29, 1.82) is 0 Å². The van der Waals surface area contributed by atoms with Crippen molar-refractivity contribution in [3.63, 3.8) is 0 Å². The van der Waals surface area contributed by atoms with Gasteiger partial charge in [-0.05, 0) is 35.7 Å². The summed E-state index contributed by atoms with van der Waals surface area (Å²) in [7, 11) is 0. The molecule has 0 radical (unpaired) electrons. The number of benzene rings is 2. The van der Waals surface area contributed by atoms with E-state index in [-0.39, 0.29) is 11.7 Å². The lowest BCUT2D eigenvalue weighted by Gasteiger charge is -2.23. The Morgan fingerprint density at radius 3 is 2.43 bits per heavy atom. The highest BCUT2D eigenvalue weighted by molar-refractivity contribution is 6.24. The second-order valence-corrected chi connectivity index (χ2v) is 7.88. The summed E-state index contributed by atoms with van der Waals surface area (Å²) in [4.78, 5) is 34.7. The highest BCUT2D eigenvalue weighted by atomic mass is 16.2. The number of carbonyl (C=O) groups excluding carboxylic acids is 2. The van der Waals surface area contributed by atoms with Gasteiger partial charge in [0.15, 0.2) is 5.78 Å². The Morgan fingerprint density at radius 1 is 0.833 bits per heavy atom. The zero-order chi connectivity index (χ0) is 20.5. The number of rotatable bonds is 3. The molecule has 1 aromatic heterocycles. The van der Waals surface area contributed by atoms with Crippen LogP contribution in [0.1, 0.15) is 38.3 Å². The van der Waals surface area contributed by atoms with Crippen LogP contribution in [-0.4, -0.2) is 52.7 Å². The van der Waals surface area contributed by atoms with E-state index in [0.717, 1.165) is 43.7 Å². The Morgan fingerprint density at radius 2 is 1.60 bits per heavy atom. The highest BCUT2D eigenvalue weighted by Crippen LogP contribution is 2.39. The summed E-state index contributed by atoms with van der Waals surface area (Å²) in [5, 5.41) is 0. The van der Waals surface area contributed by atoms with Gasteiger partial charge < -0.3 is 4.90 Å². The Bertz CT molecular complexity index is 1110. The fourth-order valence-electron chi connectivity index (χ4n) is 4.50. The molecule has 5 heteroatoms. The van der Waals surface area contributed by atoms with Crippen LogP contribution in [0.3, 0.4) is 0 Å². The van der Waals surface area contributed by atoms with Crippen LogP contribution in [-0.2, 0) is 6.54 Å². The third kappa shape index (κ3) is 3.31. The van der Waals surface area contributed by atoms with Gasteiger partial charge in [-0.1, -0.05) is 36.4 Å². The van der Waals surface area contributed by atoms with E-state index in [1.165, 1.54) is 5.56 Å². The SMILES string of the molecule is O=C1c2ccccc2-c2c1cccc2C(=O)N1CCCN(Cc2ccncc2)CC1. The molecule has 1 aliphatic carbocycles. The number of hydrogen-bond acceptors (Lipinski definition) is 4. The summed E-state index contributed by atoms with van der Waals surface area (Å²) in [6.07, 6.45) is 4.57. The molecule has 1 fully saturated rings. The molecule has 3 aromatic rings. The predicted octanol–water partition coefficient (Wildman–Crippen LogP) is 3.64. The molecule has 150 valence electrons. The Hall–Kier alpha value is -3.31. The van der Waals surface area contributed by atoms with Crippen LogP contribution in [0, 0.1) is 0 Å². The van der Waals surface area contributed by atoms with E-state index in [0.29, 0.717) is 23.2 Å². The molecule has 0 N–H and O–H groups in total. The van der Waals surface area contributed by atoms with E-state index in [1.807, 2.05) is 71.9 Å². The molecule has 0 saturated carbocycles. The fraction of sp³-hybridized carbons (Fsp3) is 0.240. The fourth-order valence-corrected chi connectivity index (χ4v) is 4.50. The standard InChI is InChI=1S/C25H23N3O2/c29-24-20-6-2-1-5-19(20)23-21(24)7-3-8-22(23)25(30)28-14-4-13-27(15-16-28)17-18-9-11-26-12-10-18/h1-3,5-12H,4,13-17H2. The van der Waals surface area contributed by atoms with Gasteiger partial charge in [-0.25, -0.2) is 0 Å². The molecule has 5 nitrogen and oxygen atoms in total. The second-order valence-electron chi connectivity index (χ2n) is 7.88. The van der Waals surface area contributed by atoms with Crippen LogP contribution in [0.2, 0.25) is 0 Å². The minimum absolute atomic E-state index is 0.00893. The quantitative estimate of drug-likeness (QED) is 0.530. The van der Waals surface area contributed by atoms with Gasteiger partial charge in [0.2, 0.25) is 0 Å². The molecule has 0 unspecified atom stereocenters. The molecule has 5 rings (SSSR count). The van der Waals surface area contributed by atoms with Crippen molar-refractivity contribution in [3.8, 4) is 11.1 Å². The smallest absolute Gasteiger partial charge is 0.254 e. The molecule has 0 bridgehead atoms. The van der Waals surface area contributed by atoms with Gasteiger partial charge in [-0.2, -0.15) is 0 Å². The van der Waals surface area contributed by atoms with Gasteiger partial charge in [0, 0.05) is 67.4 Å². The first-order valence-corrected chi connectivity index (χ1v) is 10.4. The van der Waals surface area contributed by atoms with Crippen LogP contribution in [0.4, 0.5) is 0 Å². The average molecular weight is 397 g/mol. The first-order valence-electron chi connectivity index (χ1n) is 10.4. The summed E-state index contributed by atoms with van der Waals surface area (Å²) in [5.41, 5.74) is 4.86. The van der Waals surface area contributed by atoms with Gasteiger partial charge in [-0.15, -0.1) is 0 Å². The third-order valence-electron chi connectivity index (χ3n) is 6.01. The van der Waals surface area contributed by atoms with Gasteiger partial charge in [-0.3, -0.25) is 19.5 Å². The number of nitrogens with zero attached hydrogens (tertiary/aromatic N) is 3. The minimum Gasteiger partial charge on any atom is -0.337 e. The minimum atomic E-state index is 0.00893. The van der Waals surface area contributed by atoms with Gasteiger partial charge in [0.25, 0.3) is 5.91 Å². The first-order chi connectivity index (χ1) is 14.7. The molecule has 1 saturated heterocycles. The molecule has 1 amide bonds. The lowest BCUT2D eigenvalue weighted by molar-refractivity contribution is 0.0762. The molecule has 30 heavy (non-hydrogen) atoms. The van der Waals surface area contributed by atoms with E-state index in [4.69, 9.17) is 0 Å². The van der Waals surface area contributed by atoms with E-state index in [2.05, 4.69) is 9.88 Å². The first kappa shape index (κ1) is 18.7. The number of fused-ring (bicyclic) bond motifs is 3. The molecule has 1 aliphatic heterocycles. The number of carbonyl (C=O) groups is 2. The maximum absolute atomic E-state index is 13.5. The van der Waals surface area contributed by atoms with Crippen molar-refractivity contribution in [3.05, 3.63) is 89.2 Å². The van der Waals surface area contributed by atoms with Crippen molar-refractivity contribution < 1.29 is 9.59 Å². The van der Waals surface area contributed by atoms with Gasteiger partial charge in [0.1, 0.15) is 0 Å². The second kappa shape index (κ2) is 7.84. The maximum Gasteiger partial charge on any atom is 0.254 e. The summed E-state index contributed by atoms with van der Waals surface area (Å²) < 4.78 is 0. The number of ketones is 1. The molecule has 2 heterocycles. The predicted molar refractivity (Wildman–Crippen MR) is 115 cm³/mol. The van der Waals surface area contributed by atoms with Crippen molar-refractivity contribution >= 4 is 11.7 Å². The lowest BCUT2D eigenvalue weighted by atomic mass is 9.98. The molecular weight excluding hydrogens is 374 g/mol. The molecule has 2 aliphatic rings. The molecule has 0 atom stereocenters. The molecular formula is C25H23N3O2. The molecule has 0 spiro atoms. The van der Waals surface area contributed by atoms with Gasteiger partial charge in [0.05, 0.1) is 0 Å². The summed E-state index contributed by atoms with van der Waals surface area (Å²) in [5.74, 6) is 0.0248. The normalized spacial score (nSPS) is 16.1. The third-order valence-corrected chi connectivity index (χ3v) is 6.01. The number of amides is 1. The molecule has 2 aromatic carbocycles. The average Bonchev–Trinajstić information content (AvgIpc) is 2.92. The topological polar surface area (TPSA) is 53.5 Å². The lowest BCUT2D eigenvalue weighted by Crippen LogP contribution is -2.35. The van der Waals surface area contributed by atoms with Crippen LogP contribution in [0.15, 0.2) is 67.0 Å². The Balaban J connectivity index is 1.37. The number of hydrogen-bond donors (Lipinski definition) is 0. The Kier molecular flexibility index (Phi) is 4.89. The summed E-state index contributed by atoms with van der Waals surface area (Å²) in [6.45, 7) is 4.07. The Labute approximate surface area is 176 Å².